The Hall–Kier alpha value is -1.77. The maximum Gasteiger partial charge on any atom is 0.0597 e. The number of anilines is 1. The fourth-order valence-electron chi connectivity index (χ4n) is 2.07. The first-order chi connectivity index (χ1) is 8.72. The third-order valence-corrected chi connectivity index (χ3v) is 3.12. The Morgan fingerprint density at radius 1 is 1.17 bits per heavy atom. The van der Waals surface area contributed by atoms with E-state index in [1.165, 1.54) is 11.3 Å². The second-order valence-electron chi connectivity index (χ2n) is 4.50. The highest BCUT2D eigenvalue weighted by molar-refractivity contribution is 5.44. The van der Waals surface area contributed by atoms with Crippen LogP contribution in [-0.2, 0) is 19.5 Å². The van der Waals surface area contributed by atoms with Crippen LogP contribution in [-0.4, -0.2) is 9.78 Å². The van der Waals surface area contributed by atoms with Gasteiger partial charge in [0.2, 0.25) is 0 Å². The summed E-state index contributed by atoms with van der Waals surface area (Å²) >= 11 is 0. The van der Waals surface area contributed by atoms with E-state index in [1.54, 1.807) is 0 Å². The van der Waals surface area contributed by atoms with Gasteiger partial charge in [0.05, 0.1) is 17.9 Å². The van der Waals surface area contributed by atoms with Crippen molar-refractivity contribution in [1.82, 2.24) is 9.78 Å². The van der Waals surface area contributed by atoms with Crippen LogP contribution in [0.2, 0.25) is 0 Å². The van der Waals surface area contributed by atoms with E-state index in [-0.39, 0.29) is 0 Å². The first-order valence-electron chi connectivity index (χ1n) is 6.59. The second-order valence-corrected chi connectivity index (χ2v) is 4.50. The topological polar surface area (TPSA) is 29.9 Å². The monoisotopic (exact) mass is 243 g/mol. The van der Waals surface area contributed by atoms with E-state index in [9.17, 15) is 0 Å². The molecule has 0 unspecified atom stereocenters. The van der Waals surface area contributed by atoms with Crippen molar-refractivity contribution in [3.05, 3.63) is 47.3 Å². The van der Waals surface area contributed by atoms with Crippen LogP contribution in [0.15, 0.2) is 30.3 Å². The average molecular weight is 243 g/mol. The van der Waals surface area contributed by atoms with Gasteiger partial charge in [-0.05, 0) is 44.0 Å². The maximum absolute atomic E-state index is 4.45. The van der Waals surface area contributed by atoms with Crippen LogP contribution < -0.4 is 5.32 Å². The van der Waals surface area contributed by atoms with E-state index in [0.717, 1.165) is 30.9 Å². The van der Waals surface area contributed by atoms with Gasteiger partial charge in [0, 0.05) is 12.2 Å². The SMILES string of the molecule is CCc1ccc(NCc2cc(C)nn2CC)cc1. The second kappa shape index (κ2) is 5.71. The lowest BCUT2D eigenvalue weighted by Crippen LogP contribution is -2.07. The first kappa shape index (κ1) is 12.7. The Bertz CT molecular complexity index is 497. The van der Waals surface area contributed by atoms with Crippen LogP contribution in [0, 0.1) is 6.92 Å². The standard InChI is InChI=1S/C15H21N3/c1-4-13-6-8-14(9-7-13)16-11-15-10-12(3)17-18(15)5-2/h6-10,16H,4-5,11H2,1-3H3. The Labute approximate surface area is 109 Å². The molecule has 1 heterocycles. The first-order valence-corrected chi connectivity index (χ1v) is 6.59. The van der Waals surface area contributed by atoms with Gasteiger partial charge in [-0.15, -0.1) is 0 Å². The van der Waals surface area contributed by atoms with E-state index >= 15 is 0 Å². The van der Waals surface area contributed by atoms with E-state index < -0.39 is 0 Å². The van der Waals surface area contributed by atoms with Crippen LogP contribution >= 0.6 is 0 Å². The molecule has 0 aliphatic carbocycles. The number of benzene rings is 1. The molecule has 1 aromatic carbocycles. The minimum atomic E-state index is 0.820. The van der Waals surface area contributed by atoms with Crippen LogP contribution in [0.25, 0.3) is 0 Å². The van der Waals surface area contributed by atoms with Gasteiger partial charge in [-0.2, -0.15) is 5.10 Å². The van der Waals surface area contributed by atoms with Gasteiger partial charge in [-0.3, -0.25) is 4.68 Å². The van der Waals surface area contributed by atoms with E-state index in [0.29, 0.717) is 0 Å². The van der Waals surface area contributed by atoms with Gasteiger partial charge in [-0.1, -0.05) is 19.1 Å². The zero-order chi connectivity index (χ0) is 13.0. The average Bonchev–Trinajstić information content (AvgIpc) is 2.77. The zero-order valence-electron chi connectivity index (χ0n) is 11.4. The third-order valence-electron chi connectivity index (χ3n) is 3.12. The molecule has 1 N–H and O–H groups in total. The molecule has 0 aliphatic rings. The Kier molecular flexibility index (Phi) is 4.03. The summed E-state index contributed by atoms with van der Waals surface area (Å²) in [5.41, 5.74) is 4.84. The van der Waals surface area contributed by atoms with Crippen molar-refractivity contribution < 1.29 is 0 Å². The quantitative estimate of drug-likeness (QED) is 0.872. The molecule has 2 rings (SSSR count). The number of nitrogens with one attached hydrogen (secondary N) is 1. The molecule has 0 radical (unpaired) electrons. The minimum Gasteiger partial charge on any atom is -0.379 e. The molecule has 0 saturated heterocycles. The summed E-state index contributed by atoms with van der Waals surface area (Å²) in [5.74, 6) is 0. The number of rotatable bonds is 5. The molecule has 96 valence electrons. The summed E-state index contributed by atoms with van der Waals surface area (Å²) in [4.78, 5) is 0. The highest BCUT2D eigenvalue weighted by atomic mass is 15.3. The highest BCUT2D eigenvalue weighted by Gasteiger charge is 2.03. The predicted octanol–water partition coefficient (Wildman–Crippen LogP) is 3.39. The fourth-order valence-corrected chi connectivity index (χ4v) is 2.07. The third kappa shape index (κ3) is 2.92. The summed E-state index contributed by atoms with van der Waals surface area (Å²) in [5, 5.41) is 7.88. The van der Waals surface area contributed by atoms with Gasteiger partial charge < -0.3 is 5.32 Å². The largest absolute Gasteiger partial charge is 0.379 e. The van der Waals surface area contributed by atoms with Gasteiger partial charge in [0.1, 0.15) is 0 Å². The summed E-state index contributed by atoms with van der Waals surface area (Å²) in [6.07, 6.45) is 1.09. The summed E-state index contributed by atoms with van der Waals surface area (Å²) in [6.45, 7) is 8.06. The molecule has 0 fully saturated rings. The maximum atomic E-state index is 4.45. The molecule has 3 heteroatoms. The van der Waals surface area contributed by atoms with Crippen LogP contribution in [0.4, 0.5) is 5.69 Å². The zero-order valence-corrected chi connectivity index (χ0v) is 11.4. The van der Waals surface area contributed by atoms with Gasteiger partial charge in [0.25, 0.3) is 0 Å². The number of aryl methyl sites for hydroxylation is 3. The molecule has 18 heavy (non-hydrogen) atoms. The molecule has 0 bridgehead atoms. The van der Waals surface area contributed by atoms with E-state index in [1.807, 2.05) is 11.6 Å². The number of nitrogens with zero attached hydrogens (tertiary/aromatic N) is 2. The van der Waals surface area contributed by atoms with Crippen molar-refractivity contribution >= 4 is 5.69 Å². The molecule has 0 atom stereocenters. The number of hydrogen-bond donors (Lipinski definition) is 1. The molecule has 0 saturated carbocycles. The van der Waals surface area contributed by atoms with Gasteiger partial charge in [-0.25, -0.2) is 0 Å². The van der Waals surface area contributed by atoms with Gasteiger partial charge in [0.15, 0.2) is 0 Å². The van der Waals surface area contributed by atoms with Crippen molar-refractivity contribution in [2.45, 2.75) is 40.3 Å². The van der Waals surface area contributed by atoms with Crippen LogP contribution in [0.1, 0.15) is 30.8 Å². The van der Waals surface area contributed by atoms with Crippen molar-refractivity contribution in [3.8, 4) is 0 Å². The smallest absolute Gasteiger partial charge is 0.0597 e. The predicted molar refractivity (Wildman–Crippen MR) is 75.8 cm³/mol. The molecule has 1 aromatic heterocycles. The summed E-state index contributed by atoms with van der Waals surface area (Å²) in [6, 6.07) is 10.8. The van der Waals surface area contributed by atoms with Crippen LogP contribution in [0.5, 0.6) is 0 Å². The molecule has 3 nitrogen and oxygen atoms in total. The van der Waals surface area contributed by atoms with E-state index in [4.69, 9.17) is 0 Å². The minimum absolute atomic E-state index is 0.820. The molecule has 0 amide bonds. The summed E-state index contributed by atoms with van der Waals surface area (Å²) < 4.78 is 2.04. The normalized spacial score (nSPS) is 10.6. The Morgan fingerprint density at radius 3 is 2.50 bits per heavy atom. The lowest BCUT2D eigenvalue weighted by molar-refractivity contribution is 0.623. The molecule has 0 spiro atoms. The van der Waals surface area contributed by atoms with Crippen LogP contribution in [0.3, 0.4) is 0 Å². The van der Waals surface area contributed by atoms with Crippen molar-refractivity contribution in [2.75, 3.05) is 5.32 Å². The fraction of sp³-hybridized carbons (Fsp3) is 0.400. The molecule has 2 aromatic rings. The molecular weight excluding hydrogens is 222 g/mol. The van der Waals surface area contributed by atoms with Crippen molar-refractivity contribution in [1.29, 1.82) is 0 Å². The lowest BCUT2D eigenvalue weighted by Gasteiger charge is -2.08. The number of aromatic nitrogens is 2. The van der Waals surface area contributed by atoms with Crippen molar-refractivity contribution in [3.63, 3.8) is 0 Å². The Balaban J connectivity index is 2.01. The van der Waals surface area contributed by atoms with Crippen molar-refractivity contribution in [2.24, 2.45) is 0 Å². The molecule has 0 aliphatic heterocycles. The highest BCUT2D eigenvalue weighted by Crippen LogP contribution is 2.12. The molecular formula is C15H21N3. The lowest BCUT2D eigenvalue weighted by atomic mass is 10.1. The summed E-state index contributed by atoms with van der Waals surface area (Å²) in [7, 11) is 0. The Morgan fingerprint density at radius 2 is 1.89 bits per heavy atom. The van der Waals surface area contributed by atoms with Gasteiger partial charge >= 0.3 is 0 Å². The van der Waals surface area contributed by atoms with E-state index in [2.05, 4.69) is 54.6 Å². The number of hydrogen-bond acceptors (Lipinski definition) is 2.